The zero-order valence-corrected chi connectivity index (χ0v) is 53.5. The summed E-state index contributed by atoms with van der Waals surface area (Å²) in [6, 6.07) is 36.6. The van der Waals surface area contributed by atoms with Crippen molar-refractivity contribution in [2.75, 3.05) is 54.0 Å². The minimum Gasteiger partial charge on any atom is -0.356 e. The molecule has 3 fully saturated rings. The van der Waals surface area contributed by atoms with Crippen molar-refractivity contribution in [2.24, 2.45) is 35.5 Å². The van der Waals surface area contributed by atoms with E-state index in [-0.39, 0.29) is 0 Å². The van der Waals surface area contributed by atoms with Crippen molar-refractivity contribution in [3.8, 4) is 0 Å². The Balaban J connectivity index is 0.000000148. The number of thiophene rings is 3. The van der Waals surface area contributed by atoms with E-state index < -0.39 is 37.8 Å². The number of aromatic nitrogens is 6. The number of anilines is 3. The van der Waals surface area contributed by atoms with E-state index in [1.807, 2.05) is 18.2 Å². The summed E-state index contributed by atoms with van der Waals surface area (Å²) in [6.07, 6.45) is 2.18. The van der Waals surface area contributed by atoms with Gasteiger partial charge in [0.25, 0.3) is 0 Å². The average molecular weight is 1300 g/mol. The molecule has 9 nitrogen and oxygen atoms in total. The topological polar surface area (TPSA) is 87.1 Å². The summed E-state index contributed by atoms with van der Waals surface area (Å²) < 4.78 is 115. The van der Waals surface area contributed by atoms with Crippen LogP contribution in [0, 0.1) is 35.5 Å². The molecular weight excluding hydrogens is 1220 g/mol. The fourth-order valence-electron chi connectivity index (χ4n) is 13.1. The van der Waals surface area contributed by atoms with E-state index >= 15 is 0 Å². The molecule has 0 bridgehead atoms. The van der Waals surface area contributed by atoms with Crippen LogP contribution in [0.4, 0.5) is 57.0 Å². The van der Waals surface area contributed by atoms with Gasteiger partial charge in [-0.3, -0.25) is 0 Å². The van der Waals surface area contributed by atoms with Crippen LogP contribution in [0.2, 0.25) is 0 Å². The van der Waals surface area contributed by atoms with E-state index in [4.69, 9.17) is 0 Å². The van der Waals surface area contributed by atoms with Gasteiger partial charge in [-0.15, -0.1) is 34.0 Å². The molecule has 2 unspecified atom stereocenters. The molecule has 6 atom stereocenters. The van der Waals surface area contributed by atoms with E-state index in [1.165, 1.54) is 35.7 Å². The van der Waals surface area contributed by atoms with E-state index in [1.54, 1.807) is 18.2 Å². The lowest BCUT2D eigenvalue weighted by molar-refractivity contribution is -0.127. The highest BCUT2D eigenvalue weighted by Gasteiger charge is 2.34. The maximum Gasteiger partial charge on any atom is 0.393 e. The molecule has 6 aromatic heterocycles. The Morgan fingerprint density at radius 2 is 0.622 bits per heavy atom. The molecule has 0 radical (unpaired) electrons. The standard InChI is InChI=1S/3C23H26F3N3S/c3*1-16-9-11-29(12-10-18(16)8-7-17-5-3-2-4-6-17)21-20-13-19(14-23(24,25)26)30-22(20)28-15-27-21/h3*2-6,13,15-16,18H,7-12,14H2,1H3/t2*16-,18+;/m10./s1. The van der Waals surface area contributed by atoms with Crippen molar-refractivity contribution >= 4 is 82.1 Å². The molecule has 9 heterocycles. The van der Waals surface area contributed by atoms with E-state index in [9.17, 15) is 39.5 Å². The second-order valence-electron chi connectivity index (χ2n) is 24.7. The number of halogens is 9. The van der Waals surface area contributed by atoms with Crippen LogP contribution in [0.15, 0.2) is 128 Å². The minimum atomic E-state index is -4.21. The normalized spacial score (nSPS) is 20.5. The van der Waals surface area contributed by atoms with Gasteiger partial charge in [0, 0.05) is 53.9 Å². The molecule has 0 spiro atoms. The molecule has 480 valence electrons. The predicted molar refractivity (Wildman–Crippen MR) is 348 cm³/mol. The van der Waals surface area contributed by atoms with Gasteiger partial charge in [-0.05, 0) is 147 Å². The first-order chi connectivity index (χ1) is 43.2. The Morgan fingerprint density at radius 1 is 0.367 bits per heavy atom. The molecule has 0 saturated carbocycles. The van der Waals surface area contributed by atoms with Gasteiger partial charge in [-0.1, -0.05) is 112 Å². The first kappa shape index (κ1) is 66.5. The SMILES string of the molecule is CC1CCN(c2ncnc3sc(CC(F)(F)F)cc23)CCC1CCc1ccccc1.C[C@@H]1CCN(c2ncnc3sc(CC(F)(F)F)cc23)CC[C@@H]1CCc1ccccc1.C[C@H]1CCN(c2ncnc3sc(CC(F)(F)F)cc23)CC[C@H]1CCc1ccccc1. The number of hydrogen-bond acceptors (Lipinski definition) is 12. The largest absolute Gasteiger partial charge is 0.393 e. The zero-order valence-electron chi connectivity index (χ0n) is 51.1. The highest BCUT2D eigenvalue weighted by molar-refractivity contribution is 7.19. The molecule has 0 N–H and O–H groups in total. The first-order valence-electron chi connectivity index (χ1n) is 31.4. The van der Waals surface area contributed by atoms with Gasteiger partial charge in [0.05, 0.1) is 35.4 Å². The molecule has 90 heavy (non-hydrogen) atoms. The quantitative estimate of drug-likeness (QED) is 0.0932. The minimum absolute atomic E-state index is 0.295. The summed E-state index contributed by atoms with van der Waals surface area (Å²) in [6.45, 7) is 12.2. The second-order valence-corrected chi connectivity index (χ2v) is 28.1. The molecule has 3 aliphatic rings. The van der Waals surface area contributed by atoms with Crippen LogP contribution in [0.5, 0.6) is 0 Å². The Morgan fingerprint density at radius 3 is 0.878 bits per heavy atom. The number of benzene rings is 3. The Hall–Kier alpha value is -6.45. The predicted octanol–water partition coefficient (Wildman–Crippen LogP) is 18.8. The van der Waals surface area contributed by atoms with Crippen LogP contribution in [-0.2, 0) is 38.5 Å². The van der Waals surface area contributed by atoms with Gasteiger partial charge in [0.15, 0.2) is 0 Å². The first-order valence-corrected chi connectivity index (χ1v) is 33.9. The third-order valence-electron chi connectivity index (χ3n) is 18.3. The molecule has 0 aliphatic carbocycles. The van der Waals surface area contributed by atoms with Gasteiger partial charge in [-0.2, -0.15) is 39.5 Å². The van der Waals surface area contributed by atoms with Crippen LogP contribution in [0.3, 0.4) is 0 Å². The number of hydrogen-bond donors (Lipinski definition) is 0. The van der Waals surface area contributed by atoms with Gasteiger partial charge in [0.1, 0.15) is 50.9 Å². The summed E-state index contributed by atoms with van der Waals surface area (Å²) in [4.78, 5) is 35.6. The number of alkyl halides is 9. The molecule has 0 amide bonds. The maximum atomic E-state index is 12.8. The molecule has 12 rings (SSSR count). The fourth-order valence-corrected chi connectivity index (χ4v) is 16.2. The van der Waals surface area contributed by atoms with Crippen molar-refractivity contribution in [2.45, 2.75) is 136 Å². The highest BCUT2D eigenvalue weighted by Crippen LogP contribution is 2.40. The van der Waals surface area contributed by atoms with Crippen molar-refractivity contribution < 1.29 is 39.5 Å². The number of aryl methyl sites for hydroxylation is 3. The lowest BCUT2D eigenvalue weighted by atomic mass is 9.85. The smallest absolute Gasteiger partial charge is 0.356 e. The maximum absolute atomic E-state index is 12.8. The van der Waals surface area contributed by atoms with Gasteiger partial charge >= 0.3 is 18.5 Å². The van der Waals surface area contributed by atoms with Crippen LogP contribution in [0.1, 0.15) is 110 Å². The number of fused-ring (bicyclic) bond motifs is 3. The summed E-state index contributed by atoms with van der Waals surface area (Å²) in [5, 5.41) is 2.24. The Bertz CT molecular complexity index is 3290. The Kier molecular flexibility index (Phi) is 22.4. The molecular formula is C69H78F9N9S3. The van der Waals surface area contributed by atoms with Crippen LogP contribution < -0.4 is 14.7 Å². The Labute approximate surface area is 533 Å². The summed E-state index contributed by atoms with van der Waals surface area (Å²) in [5.41, 5.74) is 4.12. The third kappa shape index (κ3) is 18.8. The van der Waals surface area contributed by atoms with Gasteiger partial charge in [0.2, 0.25) is 0 Å². The lowest BCUT2D eigenvalue weighted by Gasteiger charge is -2.22. The van der Waals surface area contributed by atoms with Gasteiger partial charge in [-0.25, -0.2) is 29.9 Å². The highest BCUT2D eigenvalue weighted by atomic mass is 32.1. The molecule has 21 heteroatoms. The third-order valence-corrected chi connectivity index (χ3v) is 21.5. The molecule has 3 saturated heterocycles. The van der Waals surface area contributed by atoms with Crippen molar-refractivity contribution in [3.05, 3.63) is 159 Å². The van der Waals surface area contributed by atoms with Crippen LogP contribution in [-0.4, -0.2) is 87.7 Å². The van der Waals surface area contributed by atoms with E-state index in [0.29, 0.717) is 64.6 Å². The summed E-state index contributed by atoms with van der Waals surface area (Å²) in [7, 11) is 0. The zero-order chi connectivity index (χ0) is 63.4. The lowest BCUT2D eigenvalue weighted by Crippen LogP contribution is -2.25. The molecule has 9 aromatic rings. The second kappa shape index (κ2) is 30.3. The van der Waals surface area contributed by atoms with Crippen molar-refractivity contribution in [1.29, 1.82) is 0 Å². The van der Waals surface area contributed by atoms with Crippen LogP contribution in [0.25, 0.3) is 30.6 Å². The summed E-state index contributed by atoms with van der Waals surface area (Å²) in [5.74, 6) is 6.07. The van der Waals surface area contributed by atoms with Crippen molar-refractivity contribution in [3.63, 3.8) is 0 Å². The van der Waals surface area contributed by atoms with Gasteiger partial charge < -0.3 is 14.7 Å². The molecule has 3 aliphatic heterocycles. The fraction of sp³-hybridized carbons (Fsp3) is 0.478. The molecule has 3 aromatic carbocycles. The number of nitrogens with zero attached hydrogens (tertiary/aromatic N) is 9. The van der Waals surface area contributed by atoms with Crippen LogP contribution >= 0.6 is 34.0 Å². The van der Waals surface area contributed by atoms with Crippen molar-refractivity contribution in [1.82, 2.24) is 29.9 Å². The summed E-state index contributed by atoms with van der Waals surface area (Å²) >= 11 is 3.35. The monoisotopic (exact) mass is 1300 g/mol. The average Bonchev–Trinajstić information content (AvgIpc) is 3.41. The van der Waals surface area contributed by atoms with E-state index in [2.05, 4.69) is 138 Å². The number of rotatable bonds is 15. The van der Waals surface area contributed by atoms with E-state index in [0.717, 1.165) is 184 Å².